The summed E-state index contributed by atoms with van der Waals surface area (Å²) in [5.74, 6) is -1.13. The van der Waals surface area contributed by atoms with E-state index in [1.807, 2.05) is 0 Å². The molecule has 0 aromatic rings. The van der Waals surface area contributed by atoms with Gasteiger partial charge in [-0.2, -0.15) is 0 Å². The molecule has 1 aliphatic heterocycles. The van der Waals surface area contributed by atoms with Crippen LogP contribution in [0.25, 0.3) is 0 Å². The van der Waals surface area contributed by atoms with E-state index in [2.05, 4.69) is 0 Å². The monoisotopic (exact) mass is 306 g/mol. The van der Waals surface area contributed by atoms with Gasteiger partial charge in [-0.25, -0.2) is 18.0 Å². The van der Waals surface area contributed by atoms with Gasteiger partial charge >= 0.3 is 12.0 Å². The lowest BCUT2D eigenvalue weighted by molar-refractivity contribution is -0.142. The molecule has 0 radical (unpaired) electrons. The number of likely N-dealkylation sites (tertiary alicyclic amines) is 1. The third-order valence-corrected chi connectivity index (χ3v) is 4.33. The lowest BCUT2D eigenvalue weighted by atomic mass is 10.1. The predicted molar refractivity (Wildman–Crippen MR) is 74.3 cm³/mol. The van der Waals surface area contributed by atoms with Crippen LogP contribution in [-0.4, -0.2) is 73.5 Å². The zero-order valence-electron chi connectivity index (χ0n) is 11.9. The van der Waals surface area contributed by atoms with Gasteiger partial charge in [0.05, 0.1) is 5.75 Å². The molecular formula is C12H22N2O5S. The summed E-state index contributed by atoms with van der Waals surface area (Å²) in [6, 6.07) is -1.23. The first-order chi connectivity index (χ1) is 9.22. The van der Waals surface area contributed by atoms with Gasteiger partial charge in [-0.05, 0) is 12.8 Å². The molecule has 0 aromatic carbocycles. The van der Waals surface area contributed by atoms with Crippen molar-refractivity contribution >= 4 is 21.8 Å². The van der Waals surface area contributed by atoms with Crippen LogP contribution in [0.3, 0.4) is 0 Å². The van der Waals surface area contributed by atoms with E-state index in [-0.39, 0.29) is 12.3 Å². The highest BCUT2D eigenvalue weighted by Gasteiger charge is 2.32. The van der Waals surface area contributed by atoms with Gasteiger partial charge in [0, 0.05) is 26.4 Å². The third kappa shape index (κ3) is 4.99. The van der Waals surface area contributed by atoms with Crippen LogP contribution in [0.4, 0.5) is 4.79 Å². The first-order valence-electron chi connectivity index (χ1n) is 6.64. The van der Waals surface area contributed by atoms with Crippen molar-refractivity contribution in [3.8, 4) is 0 Å². The summed E-state index contributed by atoms with van der Waals surface area (Å²) < 4.78 is 22.2. The van der Waals surface area contributed by atoms with Gasteiger partial charge in [0.2, 0.25) is 0 Å². The van der Waals surface area contributed by atoms with Crippen LogP contribution >= 0.6 is 0 Å². The van der Waals surface area contributed by atoms with E-state index in [0.29, 0.717) is 13.0 Å². The first kappa shape index (κ1) is 16.7. The number of carboxylic acid groups (broad SMARTS) is 1. The van der Waals surface area contributed by atoms with E-state index in [9.17, 15) is 23.1 Å². The van der Waals surface area contributed by atoms with Crippen LogP contribution in [0.15, 0.2) is 0 Å². The molecule has 0 aromatic heterocycles. The normalized spacial score (nSPS) is 20.3. The number of carbonyl (C=O) groups excluding carboxylic acids is 1. The second-order valence-corrected chi connectivity index (χ2v) is 7.49. The van der Waals surface area contributed by atoms with Gasteiger partial charge in [-0.3, -0.25) is 0 Å². The number of nitrogens with zero attached hydrogens (tertiary/aromatic N) is 2. The minimum absolute atomic E-state index is 0.0699. The fourth-order valence-corrected chi connectivity index (χ4v) is 2.82. The van der Waals surface area contributed by atoms with Crippen molar-refractivity contribution in [3.05, 3.63) is 0 Å². The molecule has 116 valence electrons. The van der Waals surface area contributed by atoms with E-state index >= 15 is 0 Å². The number of sulfone groups is 1. The molecule has 20 heavy (non-hydrogen) atoms. The second kappa shape index (κ2) is 6.92. The largest absolute Gasteiger partial charge is 0.480 e. The highest BCUT2D eigenvalue weighted by Crippen LogP contribution is 2.18. The molecule has 1 saturated heterocycles. The number of hydrogen-bond acceptors (Lipinski definition) is 4. The van der Waals surface area contributed by atoms with Crippen molar-refractivity contribution in [2.24, 2.45) is 0 Å². The molecule has 8 heteroatoms. The third-order valence-electron chi connectivity index (χ3n) is 3.41. The van der Waals surface area contributed by atoms with Gasteiger partial charge in [0.25, 0.3) is 0 Å². The number of amides is 2. The maximum Gasteiger partial charge on any atom is 0.326 e. The van der Waals surface area contributed by atoms with Crippen LogP contribution in [0.2, 0.25) is 0 Å². The smallest absolute Gasteiger partial charge is 0.326 e. The zero-order valence-corrected chi connectivity index (χ0v) is 12.7. The molecule has 1 aliphatic rings. The van der Waals surface area contributed by atoms with Crippen molar-refractivity contribution in [1.29, 1.82) is 0 Å². The van der Waals surface area contributed by atoms with Crippen molar-refractivity contribution in [2.75, 3.05) is 32.1 Å². The molecule has 1 atom stereocenters. The zero-order chi connectivity index (χ0) is 15.3. The van der Waals surface area contributed by atoms with Crippen molar-refractivity contribution in [3.63, 3.8) is 0 Å². The van der Waals surface area contributed by atoms with E-state index in [4.69, 9.17) is 0 Å². The Balaban J connectivity index is 2.73. The van der Waals surface area contributed by atoms with Crippen molar-refractivity contribution in [2.45, 2.75) is 31.7 Å². The Kier molecular flexibility index (Phi) is 5.79. The number of carboxylic acids is 1. The molecule has 1 fully saturated rings. The molecule has 1 unspecified atom stereocenters. The topological polar surface area (TPSA) is 95.0 Å². The fourth-order valence-electron chi connectivity index (χ4n) is 2.21. The van der Waals surface area contributed by atoms with Crippen LogP contribution in [0.1, 0.15) is 25.7 Å². The maximum absolute atomic E-state index is 12.3. The standard InChI is InChI=1S/C12H22N2O5S/c1-13(8-9-20(2,18)19)12(17)14-7-5-3-4-6-10(14)11(15)16/h10H,3-9H2,1-2H3,(H,15,16). The quantitative estimate of drug-likeness (QED) is 0.812. The van der Waals surface area contributed by atoms with Gasteiger partial charge < -0.3 is 14.9 Å². The Labute approximate surface area is 119 Å². The molecule has 0 saturated carbocycles. The number of urea groups is 1. The van der Waals surface area contributed by atoms with Crippen LogP contribution < -0.4 is 0 Å². The second-order valence-electron chi connectivity index (χ2n) is 5.23. The van der Waals surface area contributed by atoms with Crippen LogP contribution in [0, 0.1) is 0 Å². The van der Waals surface area contributed by atoms with Gasteiger partial charge in [-0.15, -0.1) is 0 Å². The Bertz CT molecular complexity index is 462. The Morgan fingerprint density at radius 1 is 1.30 bits per heavy atom. The molecule has 0 spiro atoms. The summed E-state index contributed by atoms with van der Waals surface area (Å²) in [5.41, 5.74) is 0. The summed E-state index contributed by atoms with van der Waals surface area (Å²) in [6.07, 6.45) is 4.02. The molecule has 1 N–H and O–H groups in total. The van der Waals surface area contributed by atoms with E-state index in [1.54, 1.807) is 0 Å². The lowest BCUT2D eigenvalue weighted by Gasteiger charge is -2.31. The number of hydrogen-bond donors (Lipinski definition) is 1. The highest BCUT2D eigenvalue weighted by atomic mass is 32.2. The van der Waals surface area contributed by atoms with Gasteiger partial charge in [0.1, 0.15) is 15.9 Å². The minimum Gasteiger partial charge on any atom is -0.480 e. The van der Waals surface area contributed by atoms with Gasteiger partial charge in [-0.1, -0.05) is 12.8 Å². The van der Waals surface area contributed by atoms with E-state index in [1.165, 1.54) is 16.8 Å². The number of rotatable bonds is 4. The van der Waals surface area contributed by atoms with Gasteiger partial charge in [0.15, 0.2) is 0 Å². The Morgan fingerprint density at radius 3 is 2.50 bits per heavy atom. The predicted octanol–water partition coefficient (Wildman–Crippen LogP) is 0.412. The summed E-state index contributed by atoms with van der Waals surface area (Å²) in [5, 5.41) is 9.22. The SMILES string of the molecule is CN(CCS(C)(=O)=O)C(=O)N1CCCCCC1C(=O)O. The molecule has 0 bridgehead atoms. The fraction of sp³-hybridized carbons (Fsp3) is 0.833. The molecule has 0 aliphatic carbocycles. The highest BCUT2D eigenvalue weighted by molar-refractivity contribution is 7.90. The minimum atomic E-state index is -3.15. The average Bonchev–Trinajstić information content (AvgIpc) is 2.59. The number of carbonyl (C=O) groups is 2. The van der Waals surface area contributed by atoms with Crippen LogP contribution in [-0.2, 0) is 14.6 Å². The van der Waals surface area contributed by atoms with Crippen LogP contribution in [0.5, 0.6) is 0 Å². The van der Waals surface area contributed by atoms with E-state index in [0.717, 1.165) is 25.5 Å². The summed E-state index contributed by atoms with van der Waals surface area (Å²) in [6.45, 7) is 0.472. The number of aliphatic carboxylic acids is 1. The average molecular weight is 306 g/mol. The van der Waals surface area contributed by atoms with Crippen molar-refractivity contribution < 1.29 is 23.1 Å². The van der Waals surface area contributed by atoms with E-state index < -0.39 is 27.9 Å². The Morgan fingerprint density at radius 2 is 1.95 bits per heavy atom. The summed E-state index contributed by atoms with van der Waals surface area (Å²) in [4.78, 5) is 26.2. The molecule has 2 amide bonds. The molecular weight excluding hydrogens is 284 g/mol. The lowest BCUT2D eigenvalue weighted by Crippen LogP contribution is -2.50. The maximum atomic E-state index is 12.3. The summed E-state index contributed by atoms with van der Waals surface area (Å²) >= 11 is 0. The molecule has 7 nitrogen and oxygen atoms in total. The Hall–Kier alpha value is -1.31. The first-order valence-corrected chi connectivity index (χ1v) is 8.70. The molecule has 1 heterocycles. The summed E-state index contributed by atoms with van der Waals surface area (Å²) in [7, 11) is -1.65. The molecule has 1 rings (SSSR count). The van der Waals surface area contributed by atoms with Crippen molar-refractivity contribution in [1.82, 2.24) is 9.80 Å².